The highest BCUT2D eigenvalue weighted by Gasteiger charge is 2.18. The summed E-state index contributed by atoms with van der Waals surface area (Å²) in [6, 6.07) is 4.13. The summed E-state index contributed by atoms with van der Waals surface area (Å²) >= 11 is 0. The van der Waals surface area contributed by atoms with Gasteiger partial charge in [0.15, 0.2) is 0 Å². The zero-order valence-corrected chi connectivity index (χ0v) is 6.76. The van der Waals surface area contributed by atoms with Gasteiger partial charge >= 0.3 is 0 Å². The Hall–Kier alpha value is -0.760. The van der Waals surface area contributed by atoms with Gasteiger partial charge in [-0.25, -0.2) is 0 Å². The van der Waals surface area contributed by atoms with Crippen molar-refractivity contribution in [1.82, 2.24) is 5.32 Å². The Kier molecular flexibility index (Phi) is 1.70. The van der Waals surface area contributed by atoms with Gasteiger partial charge in [-0.15, -0.1) is 0 Å². The van der Waals surface area contributed by atoms with E-state index < -0.39 is 0 Å². The highest BCUT2D eigenvalue weighted by molar-refractivity contribution is 5.12. The van der Waals surface area contributed by atoms with Crippen LogP contribution in [-0.2, 0) is 0 Å². The molecule has 2 heterocycles. The predicted octanol–water partition coefficient (Wildman–Crippen LogP) is 1.66. The lowest BCUT2D eigenvalue weighted by Gasteiger charge is -2.01. The van der Waals surface area contributed by atoms with E-state index >= 15 is 0 Å². The van der Waals surface area contributed by atoms with E-state index in [-0.39, 0.29) is 0 Å². The van der Waals surface area contributed by atoms with Crippen LogP contribution in [0.4, 0.5) is 0 Å². The van der Waals surface area contributed by atoms with Gasteiger partial charge in [0.1, 0.15) is 11.5 Å². The minimum atomic E-state index is 0.615. The molecule has 2 rings (SSSR count). The van der Waals surface area contributed by atoms with Crippen LogP contribution in [0.25, 0.3) is 0 Å². The lowest BCUT2D eigenvalue weighted by molar-refractivity contribution is 0.452. The van der Waals surface area contributed by atoms with E-state index in [1.165, 1.54) is 6.42 Å². The Balaban J connectivity index is 2.15. The van der Waals surface area contributed by atoms with E-state index in [1.54, 1.807) is 0 Å². The third-order valence-electron chi connectivity index (χ3n) is 2.22. The molecular weight excluding hydrogens is 138 g/mol. The van der Waals surface area contributed by atoms with Gasteiger partial charge < -0.3 is 9.73 Å². The smallest absolute Gasteiger partial charge is 0.108 e. The van der Waals surface area contributed by atoms with E-state index in [2.05, 4.69) is 11.4 Å². The monoisotopic (exact) mass is 151 g/mol. The molecule has 1 saturated heterocycles. The molecule has 0 spiro atoms. The van der Waals surface area contributed by atoms with Crippen LogP contribution < -0.4 is 5.32 Å². The first kappa shape index (κ1) is 6.92. The normalized spacial score (nSPS) is 24.3. The molecule has 60 valence electrons. The molecule has 1 fully saturated rings. The number of furan rings is 1. The molecule has 1 aromatic heterocycles. The van der Waals surface area contributed by atoms with Crippen LogP contribution in [0.3, 0.4) is 0 Å². The molecule has 2 heteroatoms. The van der Waals surface area contributed by atoms with Crippen molar-refractivity contribution in [2.45, 2.75) is 19.3 Å². The summed E-state index contributed by atoms with van der Waals surface area (Å²) in [5, 5.41) is 3.32. The van der Waals surface area contributed by atoms with Gasteiger partial charge in [0.2, 0.25) is 0 Å². The zero-order valence-electron chi connectivity index (χ0n) is 6.76. The van der Waals surface area contributed by atoms with Crippen molar-refractivity contribution >= 4 is 0 Å². The Morgan fingerprint density at radius 1 is 1.55 bits per heavy atom. The first-order valence-corrected chi connectivity index (χ1v) is 4.13. The largest absolute Gasteiger partial charge is 0.466 e. The molecule has 1 aliphatic rings. The summed E-state index contributed by atoms with van der Waals surface area (Å²) in [6.07, 6.45) is 1.22. The lowest BCUT2D eigenvalue weighted by Crippen LogP contribution is -2.07. The van der Waals surface area contributed by atoms with Crippen LogP contribution in [0, 0.1) is 6.92 Å². The molecule has 0 amide bonds. The second kappa shape index (κ2) is 2.70. The van der Waals surface area contributed by atoms with Gasteiger partial charge in [0, 0.05) is 12.5 Å². The fourth-order valence-corrected chi connectivity index (χ4v) is 1.57. The summed E-state index contributed by atoms with van der Waals surface area (Å²) in [4.78, 5) is 0. The van der Waals surface area contributed by atoms with Gasteiger partial charge in [-0.2, -0.15) is 0 Å². The van der Waals surface area contributed by atoms with Crippen molar-refractivity contribution in [3.63, 3.8) is 0 Å². The Morgan fingerprint density at radius 3 is 3.00 bits per heavy atom. The van der Waals surface area contributed by atoms with E-state index in [0.717, 1.165) is 24.6 Å². The third-order valence-corrected chi connectivity index (χ3v) is 2.22. The molecule has 1 atom stereocenters. The molecule has 0 aromatic carbocycles. The Bertz CT molecular complexity index is 235. The van der Waals surface area contributed by atoms with Crippen LogP contribution in [0.1, 0.15) is 23.9 Å². The highest BCUT2D eigenvalue weighted by atomic mass is 16.3. The molecule has 0 radical (unpaired) electrons. The fourth-order valence-electron chi connectivity index (χ4n) is 1.57. The minimum Gasteiger partial charge on any atom is -0.466 e. The highest BCUT2D eigenvalue weighted by Crippen LogP contribution is 2.23. The maximum Gasteiger partial charge on any atom is 0.108 e. The standard InChI is InChI=1S/C9H13NO/c1-7-2-3-9(11-7)8-4-5-10-6-8/h2-3,8,10H,4-6H2,1H3. The maximum absolute atomic E-state index is 5.53. The molecule has 2 nitrogen and oxygen atoms in total. The first-order valence-electron chi connectivity index (χ1n) is 4.13. The van der Waals surface area contributed by atoms with Crippen molar-refractivity contribution in [1.29, 1.82) is 0 Å². The summed E-state index contributed by atoms with van der Waals surface area (Å²) in [7, 11) is 0. The second-order valence-electron chi connectivity index (χ2n) is 3.14. The Labute approximate surface area is 66.6 Å². The van der Waals surface area contributed by atoms with Crippen molar-refractivity contribution in [3.8, 4) is 0 Å². The third kappa shape index (κ3) is 1.31. The maximum atomic E-state index is 5.53. The van der Waals surface area contributed by atoms with Crippen LogP contribution in [-0.4, -0.2) is 13.1 Å². The van der Waals surface area contributed by atoms with Crippen LogP contribution in [0.2, 0.25) is 0 Å². The summed E-state index contributed by atoms with van der Waals surface area (Å²) in [6.45, 7) is 4.20. The number of nitrogens with one attached hydrogen (secondary N) is 1. The number of aryl methyl sites for hydroxylation is 1. The molecule has 1 unspecified atom stereocenters. The predicted molar refractivity (Wildman–Crippen MR) is 43.7 cm³/mol. The van der Waals surface area contributed by atoms with E-state index in [9.17, 15) is 0 Å². The quantitative estimate of drug-likeness (QED) is 0.660. The topological polar surface area (TPSA) is 25.2 Å². The molecule has 0 bridgehead atoms. The Morgan fingerprint density at radius 2 is 2.45 bits per heavy atom. The van der Waals surface area contributed by atoms with Crippen molar-refractivity contribution < 1.29 is 4.42 Å². The molecule has 1 aliphatic heterocycles. The van der Waals surface area contributed by atoms with Gasteiger partial charge in [0.05, 0.1) is 0 Å². The molecular formula is C9H13NO. The van der Waals surface area contributed by atoms with E-state index in [1.807, 2.05) is 13.0 Å². The fraction of sp³-hybridized carbons (Fsp3) is 0.556. The van der Waals surface area contributed by atoms with E-state index in [0.29, 0.717) is 5.92 Å². The van der Waals surface area contributed by atoms with Crippen LogP contribution in [0.15, 0.2) is 16.5 Å². The summed E-state index contributed by atoms with van der Waals surface area (Å²) in [5.41, 5.74) is 0. The van der Waals surface area contributed by atoms with Crippen LogP contribution >= 0.6 is 0 Å². The van der Waals surface area contributed by atoms with Crippen LogP contribution in [0.5, 0.6) is 0 Å². The zero-order chi connectivity index (χ0) is 7.68. The number of hydrogen-bond acceptors (Lipinski definition) is 2. The molecule has 1 aromatic rings. The van der Waals surface area contributed by atoms with Gasteiger partial charge in [-0.3, -0.25) is 0 Å². The molecule has 0 saturated carbocycles. The van der Waals surface area contributed by atoms with E-state index in [4.69, 9.17) is 4.42 Å². The average molecular weight is 151 g/mol. The number of rotatable bonds is 1. The molecule has 0 aliphatic carbocycles. The van der Waals surface area contributed by atoms with Crippen molar-refractivity contribution in [3.05, 3.63) is 23.7 Å². The van der Waals surface area contributed by atoms with Crippen molar-refractivity contribution in [2.75, 3.05) is 13.1 Å². The van der Waals surface area contributed by atoms with Gasteiger partial charge in [-0.05, 0) is 32.0 Å². The molecule has 11 heavy (non-hydrogen) atoms. The molecule has 1 N–H and O–H groups in total. The number of hydrogen-bond donors (Lipinski definition) is 1. The first-order chi connectivity index (χ1) is 5.36. The minimum absolute atomic E-state index is 0.615. The van der Waals surface area contributed by atoms with Gasteiger partial charge in [0.25, 0.3) is 0 Å². The summed E-state index contributed by atoms with van der Waals surface area (Å²) < 4.78 is 5.53. The SMILES string of the molecule is Cc1ccc(C2CCNC2)o1. The van der Waals surface area contributed by atoms with Crippen molar-refractivity contribution in [2.24, 2.45) is 0 Å². The van der Waals surface area contributed by atoms with Gasteiger partial charge in [-0.1, -0.05) is 0 Å². The lowest BCUT2D eigenvalue weighted by atomic mass is 10.1. The summed E-state index contributed by atoms with van der Waals surface area (Å²) in [5.74, 6) is 2.78. The average Bonchev–Trinajstić information content (AvgIpc) is 2.55. The second-order valence-corrected chi connectivity index (χ2v) is 3.14.